The van der Waals surface area contributed by atoms with Gasteiger partial charge in [-0.3, -0.25) is 14.4 Å². The number of hydrogen-bond donors (Lipinski definition) is 0. The lowest BCUT2D eigenvalue weighted by Gasteiger charge is -2.18. The van der Waals surface area contributed by atoms with Crippen molar-refractivity contribution in [1.82, 2.24) is 0 Å². The van der Waals surface area contributed by atoms with Crippen LogP contribution in [-0.4, -0.2) is 37.2 Å². The van der Waals surface area contributed by atoms with Crippen molar-refractivity contribution in [3.05, 3.63) is 97.2 Å². The van der Waals surface area contributed by atoms with Crippen LogP contribution in [0.15, 0.2) is 97.2 Å². The first-order valence-electron chi connectivity index (χ1n) is 35.2. The molecule has 0 aromatic rings. The van der Waals surface area contributed by atoms with E-state index in [0.717, 1.165) is 109 Å². The molecule has 0 aliphatic rings. The maximum absolute atomic E-state index is 12.9. The van der Waals surface area contributed by atoms with Crippen LogP contribution in [0.4, 0.5) is 0 Å². The minimum atomic E-state index is -0.794. The van der Waals surface area contributed by atoms with Crippen molar-refractivity contribution in [2.75, 3.05) is 13.2 Å². The van der Waals surface area contributed by atoms with Gasteiger partial charge < -0.3 is 14.2 Å². The van der Waals surface area contributed by atoms with Crippen LogP contribution < -0.4 is 0 Å². The zero-order chi connectivity index (χ0) is 59.2. The number of unbranched alkanes of at least 4 members (excludes halogenated alkanes) is 37. The molecule has 0 aromatic heterocycles. The zero-order valence-corrected chi connectivity index (χ0v) is 54.2. The molecule has 0 rings (SSSR count). The van der Waals surface area contributed by atoms with Crippen LogP contribution in [0.25, 0.3) is 0 Å². The Balaban J connectivity index is 4.26. The molecular formula is C76H132O6. The molecule has 0 spiro atoms. The lowest BCUT2D eigenvalue weighted by atomic mass is 10.0. The van der Waals surface area contributed by atoms with E-state index in [4.69, 9.17) is 14.2 Å². The summed E-state index contributed by atoms with van der Waals surface area (Å²) in [7, 11) is 0. The fourth-order valence-corrected chi connectivity index (χ4v) is 10.1. The minimum absolute atomic E-state index is 0.0875. The first kappa shape index (κ1) is 78.3. The van der Waals surface area contributed by atoms with E-state index in [1.165, 1.54) is 199 Å². The average molecular weight is 1140 g/mol. The van der Waals surface area contributed by atoms with Crippen LogP contribution in [0.3, 0.4) is 0 Å². The molecule has 0 bridgehead atoms. The second-order valence-electron chi connectivity index (χ2n) is 23.4. The standard InChI is InChI=1S/C76H132O6/c1-4-7-10-13-16-19-22-24-26-28-30-32-34-36-38-40-42-44-46-48-50-52-54-57-60-63-66-69-75(78)81-72-73(71-80-74(77)68-65-62-59-56-21-18-15-12-9-6-3)82-76(79)70-67-64-61-58-55-53-51-49-47-45-43-41-39-37-35-33-31-29-27-25-23-20-17-14-11-8-5-2/h7,10,16,19,24,26,30,32,36,38,42,44,48,50,54,57,73H,4-6,8-9,11-15,17-18,20-23,25,27-29,31,33-35,37,39-41,43,45-47,49,51-53,55-56,58-72H2,1-3H3/b10-7-,19-16-,26-24-,32-30-,38-36-,44-42-,50-48-,57-54-. The van der Waals surface area contributed by atoms with E-state index in [2.05, 4.69) is 118 Å². The summed E-state index contributed by atoms with van der Waals surface area (Å²) in [6.07, 6.45) is 94.5. The predicted molar refractivity (Wildman–Crippen MR) is 357 cm³/mol. The molecule has 0 saturated carbocycles. The Hall–Kier alpha value is -3.67. The Labute approximate surface area is 508 Å². The first-order chi connectivity index (χ1) is 40.5. The molecule has 0 amide bonds. The van der Waals surface area contributed by atoms with Gasteiger partial charge in [-0.05, 0) is 83.5 Å². The fraction of sp³-hybridized carbons (Fsp3) is 0.750. The second-order valence-corrected chi connectivity index (χ2v) is 23.4. The molecule has 0 fully saturated rings. The molecule has 0 aliphatic heterocycles. The van der Waals surface area contributed by atoms with Crippen molar-refractivity contribution in [1.29, 1.82) is 0 Å². The largest absolute Gasteiger partial charge is 0.462 e. The molecule has 82 heavy (non-hydrogen) atoms. The summed E-state index contributed by atoms with van der Waals surface area (Å²) in [5.74, 6) is -0.919. The quantitative estimate of drug-likeness (QED) is 0.0261. The third kappa shape index (κ3) is 67.1. The SMILES string of the molecule is CC/C=C\C/C=C\C/C=C\C/C=C\C/C=C\C/C=C\C/C=C\C/C=C\CCCCC(=O)OCC(COC(=O)CCCCCCCCCCCC)OC(=O)CCCCCCCCCCCCCCCCCCCCCCCCCCCCC. The van der Waals surface area contributed by atoms with Crippen molar-refractivity contribution in [2.45, 2.75) is 354 Å². The monoisotopic (exact) mass is 1140 g/mol. The van der Waals surface area contributed by atoms with Gasteiger partial charge in [0.25, 0.3) is 0 Å². The van der Waals surface area contributed by atoms with Gasteiger partial charge in [-0.25, -0.2) is 0 Å². The van der Waals surface area contributed by atoms with Gasteiger partial charge in [0.05, 0.1) is 0 Å². The van der Waals surface area contributed by atoms with Gasteiger partial charge in [0.2, 0.25) is 0 Å². The van der Waals surface area contributed by atoms with E-state index >= 15 is 0 Å². The molecule has 0 radical (unpaired) electrons. The number of ether oxygens (including phenoxy) is 3. The average Bonchev–Trinajstić information content (AvgIpc) is 3.48. The molecular weight excluding hydrogens is 1010 g/mol. The van der Waals surface area contributed by atoms with E-state index in [9.17, 15) is 14.4 Å². The number of rotatable bonds is 64. The number of esters is 3. The maximum atomic E-state index is 12.9. The highest BCUT2D eigenvalue weighted by molar-refractivity contribution is 5.71. The lowest BCUT2D eigenvalue weighted by Crippen LogP contribution is -2.30. The summed E-state index contributed by atoms with van der Waals surface area (Å²) in [6, 6.07) is 0. The van der Waals surface area contributed by atoms with Crippen LogP contribution in [0.2, 0.25) is 0 Å². The number of carbonyl (C=O) groups is 3. The van der Waals surface area contributed by atoms with Gasteiger partial charge in [-0.1, -0.05) is 343 Å². The smallest absolute Gasteiger partial charge is 0.306 e. The lowest BCUT2D eigenvalue weighted by molar-refractivity contribution is -0.167. The molecule has 0 N–H and O–H groups in total. The van der Waals surface area contributed by atoms with Gasteiger partial charge in [-0.2, -0.15) is 0 Å². The molecule has 472 valence electrons. The Kier molecular flexibility index (Phi) is 66.7. The van der Waals surface area contributed by atoms with Crippen molar-refractivity contribution in [3.8, 4) is 0 Å². The summed E-state index contributed by atoms with van der Waals surface area (Å²) in [5, 5.41) is 0. The Bertz CT molecular complexity index is 1590. The van der Waals surface area contributed by atoms with Crippen LogP contribution in [0, 0.1) is 0 Å². The van der Waals surface area contributed by atoms with E-state index in [0.29, 0.717) is 19.3 Å². The molecule has 0 aliphatic carbocycles. The van der Waals surface area contributed by atoms with Crippen LogP contribution in [0.1, 0.15) is 348 Å². The summed E-state index contributed by atoms with van der Waals surface area (Å²) in [5.41, 5.74) is 0. The highest BCUT2D eigenvalue weighted by atomic mass is 16.6. The normalized spacial score (nSPS) is 12.7. The highest BCUT2D eigenvalue weighted by Crippen LogP contribution is 2.18. The summed E-state index contributed by atoms with van der Waals surface area (Å²) < 4.78 is 16.9. The summed E-state index contributed by atoms with van der Waals surface area (Å²) >= 11 is 0. The van der Waals surface area contributed by atoms with E-state index in [1.807, 2.05) is 0 Å². The van der Waals surface area contributed by atoms with Gasteiger partial charge in [0.1, 0.15) is 13.2 Å². The molecule has 6 nitrogen and oxygen atoms in total. The van der Waals surface area contributed by atoms with Crippen LogP contribution in [0.5, 0.6) is 0 Å². The second kappa shape index (κ2) is 69.8. The topological polar surface area (TPSA) is 78.9 Å². The summed E-state index contributed by atoms with van der Waals surface area (Å²) in [6.45, 7) is 6.52. The fourth-order valence-electron chi connectivity index (χ4n) is 10.1. The maximum Gasteiger partial charge on any atom is 0.306 e. The Morgan fingerprint density at radius 3 is 0.744 bits per heavy atom. The van der Waals surface area contributed by atoms with E-state index in [-0.39, 0.29) is 31.1 Å². The number of carbonyl (C=O) groups excluding carboxylic acids is 3. The molecule has 0 aromatic carbocycles. The first-order valence-corrected chi connectivity index (χ1v) is 35.2. The van der Waals surface area contributed by atoms with Crippen LogP contribution >= 0.6 is 0 Å². The van der Waals surface area contributed by atoms with Crippen molar-refractivity contribution < 1.29 is 28.6 Å². The molecule has 0 saturated heterocycles. The highest BCUT2D eigenvalue weighted by Gasteiger charge is 2.19. The van der Waals surface area contributed by atoms with E-state index < -0.39 is 6.10 Å². The van der Waals surface area contributed by atoms with Crippen molar-refractivity contribution in [3.63, 3.8) is 0 Å². The Morgan fingerprint density at radius 2 is 0.476 bits per heavy atom. The third-order valence-corrected chi connectivity index (χ3v) is 15.4. The third-order valence-electron chi connectivity index (χ3n) is 15.4. The predicted octanol–water partition coefficient (Wildman–Crippen LogP) is 24.4. The Morgan fingerprint density at radius 1 is 0.256 bits per heavy atom. The minimum Gasteiger partial charge on any atom is -0.462 e. The molecule has 6 heteroatoms. The number of allylic oxidation sites excluding steroid dienone is 16. The van der Waals surface area contributed by atoms with Gasteiger partial charge in [0, 0.05) is 19.3 Å². The van der Waals surface area contributed by atoms with Crippen LogP contribution in [-0.2, 0) is 28.6 Å². The summed E-state index contributed by atoms with van der Waals surface area (Å²) in [4.78, 5) is 38.3. The molecule has 1 atom stereocenters. The molecule has 0 heterocycles. The van der Waals surface area contributed by atoms with Gasteiger partial charge >= 0.3 is 17.9 Å². The van der Waals surface area contributed by atoms with E-state index in [1.54, 1.807) is 0 Å². The van der Waals surface area contributed by atoms with Crippen molar-refractivity contribution in [2.24, 2.45) is 0 Å². The zero-order valence-electron chi connectivity index (χ0n) is 54.2. The van der Waals surface area contributed by atoms with Gasteiger partial charge in [-0.15, -0.1) is 0 Å². The van der Waals surface area contributed by atoms with Crippen molar-refractivity contribution >= 4 is 17.9 Å². The van der Waals surface area contributed by atoms with Gasteiger partial charge in [0.15, 0.2) is 6.10 Å². The molecule has 1 unspecified atom stereocenters. The number of hydrogen-bond acceptors (Lipinski definition) is 6.